The molecule has 0 saturated heterocycles. The number of rotatable bonds is 6. The lowest BCUT2D eigenvalue weighted by Crippen LogP contribution is -2.24. The molecule has 32 heavy (non-hydrogen) atoms. The molecule has 0 aliphatic carbocycles. The Morgan fingerprint density at radius 1 is 1.16 bits per heavy atom. The number of halogens is 1. The van der Waals surface area contributed by atoms with E-state index in [1.54, 1.807) is 25.4 Å². The highest BCUT2D eigenvalue weighted by Crippen LogP contribution is 2.21. The highest BCUT2D eigenvalue weighted by molar-refractivity contribution is 6.31. The molecule has 4 rings (SSSR count). The van der Waals surface area contributed by atoms with Crippen molar-refractivity contribution in [3.8, 4) is 0 Å². The van der Waals surface area contributed by atoms with Crippen LogP contribution >= 0.6 is 11.6 Å². The van der Waals surface area contributed by atoms with Gasteiger partial charge in [-0.1, -0.05) is 24.2 Å². The fourth-order valence-corrected chi connectivity index (χ4v) is 3.91. The van der Waals surface area contributed by atoms with E-state index in [1.165, 1.54) is 0 Å². The van der Waals surface area contributed by atoms with Crippen molar-refractivity contribution < 1.29 is 5.21 Å². The lowest BCUT2D eigenvalue weighted by atomic mass is 10.0. The van der Waals surface area contributed by atoms with E-state index in [0.717, 1.165) is 49.3 Å². The number of hydrogen-bond acceptors (Lipinski definition) is 5. The summed E-state index contributed by atoms with van der Waals surface area (Å²) in [6.07, 6.45) is 4.11. The highest BCUT2D eigenvalue weighted by Gasteiger charge is 2.09. The molecule has 0 saturated carbocycles. The number of nitrogens with zero attached hydrogens (tertiary/aromatic N) is 3. The van der Waals surface area contributed by atoms with Gasteiger partial charge in [0.15, 0.2) is 5.49 Å². The predicted molar refractivity (Wildman–Crippen MR) is 127 cm³/mol. The Morgan fingerprint density at radius 3 is 2.78 bits per heavy atom. The number of pyridine rings is 3. The minimum Gasteiger partial charge on any atom is -0.427 e. The first-order valence-electron chi connectivity index (χ1n) is 10.2. The lowest BCUT2D eigenvalue weighted by molar-refractivity contribution is 0.162. The Morgan fingerprint density at radius 2 is 1.97 bits per heavy atom. The summed E-state index contributed by atoms with van der Waals surface area (Å²) in [5, 5.41) is 22.7. The summed E-state index contributed by atoms with van der Waals surface area (Å²) in [6.45, 7) is 8.39. The van der Waals surface area contributed by atoms with Crippen molar-refractivity contribution in [1.82, 2.24) is 20.0 Å². The Kier molecular flexibility index (Phi) is 5.97. The van der Waals surface area contributed by atoms with Crippen molar-refractivity contribution in [2.24, 2.45) is 0 Å². The summed E-state index contributed by atoms with van der Waals surface area (Å²) >= 11 is 6.08. The van der Waals surface area contributed by atoms with Gasteiger partial charge in [-0.2, -0.15) is 4.73 Å². The fourth-order valence-electron chi connectivity index (χ4n) is 3.75. The second-order valence-electron chi connectivity index (χ2n) is 7.81. The number of aromatic nitrogens is 3. The molecule has 0 atom stereocenters. The van der Waals surface area contributed by atoms with Crippen molar-refractivity contribution in [1.29, 1.82) is 5.41 Å². The van der Waals surface area contributed by atoms with Gasteiger partial charge in [0.1, 0.15) is 0 Å². The van der Waals surface area contributed by atoms with Crippen LogP contribution in [-0.4, -0.2) is 19.9 Å². The lowest BCUT2D eigenvalue weighted by Gasteiger charge is -2.16. The predicted octanol–water partition coefficient (Wildman–Crippen LogP) is 4.77. The molecule has 0 amide bonds. The van der Waals surface area contributed by atoms with Gasteiger partial charge in [-0.25, -0.2) is 0 Å². The molecule has 1 aromatic carbocycles. The third kappa shape index (κ3) is 4.50. The van der Waals surface area contributed by atoms with Gasteiger partial charge >= 0.3 is 0 Å². The van der Waals surface area contributed by atoms with Crippen molar-refractivity contribution in [2.75, 3.05) is 0 Å². The number of benzene rings is 1. The van der Waals surface area contributed by atoms with Crippen LogP contribution < -0.4 is 10.8 Å². The Hall–Kier alpha value is -3.64. The quantitative estimate of drug-likeness (QED) is 0.373. The second kappa shape index (κ2) is 8.85. The average Bonchev–Trinajstić information content (AvgIpc) is 2.77. The molecular formula is C25H24ClN5O. The van der Waals surface area contributed by atoms with Gasteiger partial charge in [0.25, 0.3) is 0 Å². The van der Waals surface area contributed by atoms with Crippen LogP contribution in [0, 0.1) is 19.3 Å². The SMILES string of the molecule is C=C(NCc1c(C)cc(=N)n(O)c1C)c1ccnc(Cc2ccc3ncc(Cl)cc3c2)c1. The Bertz CT molecular complexity index is 1390. The van der Waals surface area contributed by atoms with Crippen molar-refractivity contribution in [3.63, 3.8) is 0 Å². The van der Waals surface area contributed by atoms with Crippen molar-refractivity contribution in [2.45, 2.75) is 26.8 Å². The van der Waals surface area contributed by atoms with Crippen LogP contribution in [0.5, 0.6) is 0 Å². The van der Waals surface area contributed by atoms with E-state index in [2.05, 4.69) is 34.0 Å². The smallest absolute Gasteiger partial charge is 0.161 e. The van der Waals surface area contributed by atoms with Crippen LogP contribution in [0.15, 0.2) is 61.4 Å². The first kappa shape index (κ1) is 21.6. The summed E-state index contributed by atoms with van der Waals surface area (Å²) in [6, 6.07) is 13.6. The fraction of sp³-hybridized carbons (Fsp3) is 0.160. The normalized spacial score (nSPS) is 11.0. The maximum Gasteiger partial charge on any atom is 0.161 e. The molecule has 0 bridgehead atoms. The topological polar surface area (TPSA) is 86.8 Å². The summed E-state index contributed by atoms with van der Waals surface area (Å²) < 4.78 is 0.892. The first-order chi connectivity index (χ1) is 15.3. The number of hydrogen-bond donors (Lipinski definition) is 3. The van der Waals surface area contributed by atoms with Gasteiger partial charge in [-0.05, 0) is 66.9 Å². The van der Waals surface area contributed by atoms with Crippen LogP contribution in [-0.2, 0) is 13.0 Å². The van der Waals surface area contributed by atoms with Crippen molar-refractivity contribution >= 4 is 28.2 Å². The number of aryl methyl sites for hydroxylation is 1. The van der Waals surface area contributed by atoms with Gasteiger partial charge in [0, 0.05) is 47.7 Å². The third-order valence-electron chi connectivity index (χ3n) is 5.55. The molecule has 6 nitrogen and oxygen atoms in total. The van der Waals surface area contributed by atoms with E-state index in [9.17, 15) is 5.21 Å². The van der Waals surface area contributed by atoms with Crippen LogP contribution in [0.3, 0.4) is 0 Å². The van der Waals surface area contributed by atoms with Crippen LogP contribution in [0.25, 0.3) is 16.6 Å². The van der Waals surface area contributed by atoms with E-state index >= 15 is 0 Å². The molecular weight excluding hydrogens is 422 g/mol. The first-order valence-corrected chi connectivity index (χ1v) is 10.6. The van der Waals surface area contributed by atoms with Crippen molar-refractivity contribution in [3.05, 3.63) is 106 Å². The Balaban J connectivity index is 1.50. The maximum absolute atomic E-state index is 10.0. The van der Waals surface area contributed by atoms with Gasteiger partial charge < -0.3 is 10.5 Å². The molecule has 0 fully saturated rings. The molecule has 0 spiro atoms. The Labute approximate surface area is 191 Å². The molecule has 7 heteroatoms. The van der Waals surface area contributed by atoms with E-state index in [-0.39, 0.29) is 5.49 Å². The second-order valence-corrected chi connectivity index (χ2v) is 8.25. The zero-order chi connectivity index (χ0) is 22.8. The van der Waals surface area contributed by atoms with E-state index in [0.29, 0.717) is 23.7 Å². The van der Waals surface area contributed by atoms with Crippen LogP contribution in [0.2, 0.25) is 5.02 Å². The van der Waals surface area contributed by atoms with E-state index in [4.69, 9.17) is 17.0 Å². The standard InChI is InChI=1S/C25H24ClN5O/c1-15-8-25(27)31(32)17(3)23(15)14-29-16(2)19-6-7-28-22(12-19)10-18-4-5-24-20(9-18)11-21(26)13-30-24/h4-9,11-13,27,29,32H,2,10,14H2,1,3H3. The van der Waals surface area contributed by atoms with Crippen LogP contribution in [0.4, 0.5) is 0 Å². The van der Waals surface area contributed by atoms with Gasteiger partial charge in [-0.15, -0.1) is 0 Å². The number of nitrogens with one attached hydrogen (secondary N) is 2. The third-order valence-corrected chi connectivity index (χ3v) is 5.76. The van der Waals surface area contributed by atoms with E-state index in [1.807, 2.05) is 31.2 Å². The molecule has 0 aliphatic rings. The summed E-state index contributed by atoms with van der Waals surface area (Å²) in [4.78, 5) is 8.85. The molecule has 0 unspecified atom stereocenters. The molecule has 0 radical (unpaired) electrons. The van der Waals surface area contributed by atoms with Gasteiger partial charge in [-0.3, -0.25) is 15.4 Å². The minimum absolute atomic E-state index is 0.0631. The van der Waals surface area contributed by atoms with Crippen LogP contribution in [0.1, 0.15) is 33.6 Å². The zero-order valence-electron chi connectivity index (χ0n) is 18.0. The molecule has 4 aromatic rings. The van der Waals surface area contributed by atoms with Gasteiger partial charge in [0.2, 0.25) is 0 Å². The average molecular weight is 446 g/mol. The molecule has 3 N–H and O–H groups in total. The van der Waals surface area contributed by atoms with E-state index < -0.39 is 0 Å². The minimum atomic E-state index is 0.0631. The molecule has 3 heterocycles. The summed E-state index contributed by atoms with van der Waals surface area (Å²) in [7, 11) is 0. The molecule has 3 aromatic heterocycles. The highest BCUT2D eigenvalue weighted by atomic mass is 35.5. The summed E-state index contributed by atoms with van der Waals surface area (Å²) in [5.41, 5.74) is 7.25. The molecule has 162 valence electrons. The largest absolute Gasteiger partial charge is 0.427 e. The summed E-state index contributed by atoms with van der Waals surface area (Å²) in [5.74, 6) is 0. The monoisotopic (exact) mass is 445 g/mol. The number of fused-ring (bicyclic) bond motifs is 1. The maximum atomic E-state index is 10.0. The zero-order valence-corrected chi connectivity index (χ0v) is 18.7. The van der Waals surface area contributed by atoms with Gasteiger partial charge in [0.05, 0.1) is 16.2 Å². The molecule has 0 aliphatic heterocycles.